The van der Waals surface area contributed by atoms with Gasteiger partial charge in [-0.1, -0.05) is 49.1 Å². The lowest BCUT2D eigenvalue weighted by atomic mass is 9.88. The predicted molar refractivity (Wildman–Crippen MR) is 101 cm³/mol. The molecule has 1 atom stereocenters. The van der Waals surface area contributed by atoms with Crippen LogP contribution in [0.3, 0.4) is 0 Å². The van der Waals surface area contributed by atoms with Crippen LogP contribution < -0.4 is 0 Å². The Labute approximate surface area is 160 Å². The summed E-state index contributed by atoms with van der Waals surface area (Å²) in [4.78, 5) is 29.2. The van der Waals surface area contributed by atoms with Gasteiger partial charge in [-0.15, -0.1) is 0 Å². The average Bonchev–Trinajstić information content (AvgIpc) is 2.70. The molecule has 1 amide bonds. The maximum atomic E-state index is 12.7. The van der Waals surface area contributed by atoms with Gasteiger partial charge in [-0.3, -0.25) is 9.69 Å². The first-order valence-corrected chi connectivity index (χ1v) is 9.84. The lowest BCUT2D eigenvalue weighted by Gasteiger charge is -2.40. The fourth-order valence-electron chi connectivity index (χ4n) is 4.09. The van der Waals surface area contributed by atoms with Crippen molar-refractivity contribution in [3.63, 3.8) is 0 Å². The molecule has 5 nitrogen and oxygen atoms in total. The second kappa shape index (κ2) is 8.87. The Morgan fingerprint density at radius 3 is 2.35 bits per heavy atom. The third kappa shape index (κ3) is 4.21. The van der Waals surface area contributed by atoms with Crippen molar-refractivity contribution in [2.45, 2.75) is 38.1 Å². The fraction of sp³-hybridized carbons (Fsp3) is 0.600. The molecular formula is C20H27ClN2O3. The van der Waals surface area contributed by atoms with Gasteiger partial charge in [0.2, 0.25) is 5.91 Å². The Morgan fingerprint density at radius 1 is 1.08 bits per heavy atom. The van der Waals surface area contributed by atoms with Crippen LogP contribution in [-0.2, 0) is 14.3 Å². The van der Waals surface area contributed by atoms with Crippen molar-refractivity contribution in [3.8, 4) is 0 Å². The van der Waals surface area contributed by atoms with E-state index in [-0.39, 0.29) is 17.8 Å². The Balaban J connectivity index is 1.67. The number of hydrogen-bond donors (Lipinski definition) is 0. The summed E-state index contributed by atoms with van der Waals surface area (Å²) >= 11 is 6.32. The molecular weight excluding hydrogens is 352 g/mol. The van der Waals surface area contributed by atoms with Gasteiger partial charge in [-0.05, 0) is 24.5 Å². The molecule has 3 rings (SSSR count). The lowest BCUT2D eigenvalue weighted by molar-refractivity contribution is -0.149. The largest absolute Gasteiger partial charge is 0.468 e. The number of benzene rings is 1. The molecule has 6 heteroatoms. The van der Waals surface area contributed by atoms with Gasteiger partial charge >= 0.3 is 5.97 Å². The molecule has 1 heterocycles. The van der Waals surface area contributed by atoms with E-state index in [0.717, 1.165) is 31.2 Å². The van der Waals surface area contributed by atoms with Crippen molar-refractivity contribution in [2.75, 3.05) is 33.3 Å². The number of hydrogen-bond acceptors (Lipinski definition) is 4. The van der Waals surface area contributed by atoms with Gasteiger partial charge in [0.25, 0.3) is 0 Å². The molecule has 1 aliphatic heterocycles. The Morgan fingerprint density at radius 2 is 1.73 bits per heavy atom. The van der Waals surface area contributed by atoms with Gasteiger partial charge in [-0.2, -0.15) is 0 Å². The molecule has 1 saturated heterocycles. The minimum atomic E-state index is -0.527. The summed E-state index contributed by atoms with van der Waals surface area (Å²) in [6, 6.07) is 6.85. The summed E-state index contributed by atoms with van der Waals surface area (Å²) in [5.74, 6) is 0.164. The van der Waals surface area contributed by atoms with Crippen molar-refractivity contribution in [1.82, 2.24) is 9.80 Å². The fourth-order valence-corrected chi connectivity index (χ4v) is 4.33. The first-order chi connectivity index (χ1) is 12.6. The molecule has 1 unspecified atom stereocenters. The molecule has 0 aromatic heterocycles. The minimum absolute atomic E-state index is 0.190. The highest BCUT2D eigenvalue weighted by Gasteiger charge is 2.35. The van der Waals surface area contributed by atoms with E-state index in [1.807, 2.05) is 23.1 Å². The quantitative estimate of drug-likeness (QED) is 0.754. The SMILES string of the molecule is COC(=O)C(c1ccccc1Cl)N1CCN(C(=O)C2CCCCC2)CC1. The zero-order chi connectivity index (χ0) is 18.5. The molecule has 2 fully saturated rings. The molecule has 0 N–H and O–H groups in total. The van der Waals surface area contributed by atoms with E-state index in [9.17, 15) is 9.59 Å². The smallest absolute Gasteiger partial charge is 0.327 e. The number of rotatable bonds is 4. The Kier molecular flexibility index (Phi) is 6.54. The number of halogens is 1. The zero-order valence-electron chi connectivity index (χ0n) is 15.3. The molecule has 0 spiro atoms. The second-order valence-corrected chi connectivity index (χ2v) is 7.55. The summed E-state index contributed by atoms with van der Waals surface area (Å²) in [5.41, 5.74) is 0.757. The number of amides is 1. The normalized spacial score (nSPS) is 20.6. The third-order valence-electron chi connectivity index (χ3n) is 5.57. The number of esters is 1. The van der Waals surface area contributed by atoms with Crippen LogP contribution in [0.15, 0.2) is 24.3 Å². The summed E-state index contributed by atoms with van der Waals surface area (Å²) < 4.78 is 5.02. The van der Waals surface area contributed by atoms with Gasteiger partial charge in [0.05, 0.1) is 7.11 Å². The molecule has 142 valence electrons. The van der Waals surface area contributed by atoms with Crippen LogP contribution in [0.2, 0.25) is 5.02 Å². The molecule has 1 saturated carbocycles. The van der Waals surface area contributed by atoms with Crippen molar-refractivity contribution < 1.29 is 14.3 Å². The van der Waals surface area contributed by atoms with Crippen molar-refractivity contribution in [1.29, 1.82) is 0 Å². The third-order valence-corrected chi connectivity index (χ3v) is 5.91. The maximum absolute atomic E-state index is 12.7. The average molecular weight is 379 g/mol. The standard InChI is InChI=1S/C20H27ClN2O3/c1-26-20(25)18(16-9-5-6-10-17(16)21)22-11-13-23(14-12-22)19(24)15-7-3-2-4-8-15/h5-6,9-10,15,18H,2-4,7-8,11-14H2,1H3. The molecule has 0 radical (unpaired) electrons. The predicted octanol–water partition coefficient (Wildman–Crippen LogP) is 3.28. The highest BCUT2D eigenvalue weighted by Crippen LogP contribution is 2.30. The van der Waals surface area contributed by atoms with E-state index < -0.39 is 6.04 Å². The summed E-state index contributed by atoms with van der Waals surface area (Å²) in [5, 5.41) is 0.559. The number of carbonyl (C=O) groups excluding carboxylic acids is 2. The number of piperazine rings is 1. The number of ether oxygens (including phenoxy) is 1. The van der Waals surface area contributed by atoms with E-state index in [0.29, 0.717) is 31.2 Å². The highest BCUT2D eigenvalue weighted by molar-refractivity contribution is 6.31. The maximum Gasteiger partial charge on any atom is 0.327 e. The van der Waals surface area contributed by atoms with Crippen LogP contribution in [0, 0.1) is 5.92 Å². The lowest BCUT2D eigenvalue weighted by Crippen LogP contribution is -2.52. The molecule has 1 aromatic carbocycles. The highest BCUT2D eigenvalue weighted by atomic mass is 35.5. The summed E-state index contributed by atoms with van der Waals surface area (Å²) in [6.45, 7) is 2.58. The first kappa shape index (κ1) is 19.2. The van der Waals surface area contributed by atoms with Crippen molar-refractivity contribution >= 4 is 23.5 Å². The van der Waals surface area contributed by atoms with Crippen LogP contribution in [0.5, 0.6) is 0 Å². The second-order valence-electron chi connectivity index (χ2n) is 7.14. The van der Waals surface area contributed by atoms with Gasteiger partial charge in [0.15, 0.2) is 0 Å². The summed E-state index contributed by atoms with van der Waals surface area (Å²) in [7, 11) is 1.40. The molecule has 1 aliphatic carbocycles. The van der Waals surface area contributed by atoms with Crippen LogP contribution in [0.25, 0.3) is 0 Å². The van der Waals surface area contributed by atoms with Crippen LogP contribution in [-0.4, -0.2) is 55.0 Å². The Bertz CT molecular complexity index is 638. The van der Waals surface area contributed by atoms with Crippen molar-refractivity contribution in [3.05, 3.63) is 34.9 Å². The monoisotopic (exact) mass is 378 g/mol. The van der Waals surface area contributed by atoms with Crippen LogP contribution in [0.1, 0.15) is 43.7 Å². The number of methoxy groups -OCH3 is 1. The Hall–Kier alpha value is -1.59. The topological polar surface area (TPSA) is 49.9 Å². The first-order valence-electron chi connectivity index (χ1n) is 9.47. The van der Waals surface area contributed by atoms with E-state index in [1.54, 1.807) is 6.07 Å². The van der Waals surface area contributed by atoms with E-state index in [1.165, 1.54) is 13.5 Å². The molecule has 1 aromatic rings. The van der Waals surface area contributed by atoms with Crippen molar-refractivity contribution in [2.24, 2.45) is 5.92 Å². The van der Waals surface area contributed by atoms with Crippen LogP contribution in [0.4, 0.5) is 0 Å². The van der Waals surface area contributed by atoms with Gasteiger partial charge in [0, 0.05) is 37.1 Å². The summed E-state index contributed by atoms with van der Waals surface area (Å²) in [6.07, 6.45) is 5.60. The van der Waals surface area contributed by atoms with Crippen LogP contribution >= 0.6 is 11.6 Å². The molecule has 2 aliphatic rings. The van der Waals surface area contributed by atoms with E-state index in [2.05, 4.69) is 4.90 Å². The van der Waals surface area contributed by atoms with E-state index >= 15 is 0 Å². The number of carbonyl (C=O) groups is 2. The molecule has 26 heavy (non-hydrogen) atoms. The van der Waals surface area contributed by atoms with Gasteiger partial charge < -0.3 is 9.64 Å². The van der Waals surface area contributed by atoms with Gasteiger partial charge in [-0.25, -0.2) is 4.79 Å². The zero-order valence-corrected chi connectivity index (χ0v) is 16.1. The molecule has 0 bridgehead atoms. The number of nitrogens with zero attached hydrogens (tertiary/aromatic N) is 2. The minimum Gasteiger partial charge on any atom is -0.468 e. The van der Waals surface area contributed by atoms with Gasteiger partial charge in [0.1, 0.15) is 6.04 Å². The van der Waals surface area contributed by atoms with E-state index in [4.69, 9.17) is 16.3 Å².